The molecule has 1 fully saturated rings. The topological polar surface area (TPSA) is 127 Å². The van der Waals surface area contributed by atoms with Gasteiger partial charge in [-0.25, -0.2) is 27.8 Å². The minimum absolute atomic E-state index is 0.0340. The van der Waals surface area contributed by atoms with Crippen LogP contribution in [0.2, 0.25) is 0 Å². The maximum atomic E-state index is 14.8. The van der Waals surface area contributed by atoms with Gasteiger partial charge in [0.25, 0.3) is 0 Å². The molecule has 0 spiro atoms. The van der Waals surface area contributed by atoms with Crippen LogP contribution in [-0.4, -0.2) is 39.5 Å². The summed E-state index contributed by atoms with van der Waals surface area (Å²) in [6, 6.07) is 4.85. The highest BCUT2D eigenvalue weighted by molar-refractivity contribution is 7.93. The van der Waals surface area contributed by atoms with E-state index in [2.05, 4.69) is 30.0 Å². The van der Waals surface area contributed by atoms with Crippen molar-refractivity contribution in [2.75, 3.05) is 10.0 Å². The van der Waals surface area contributed by atoms with E-state index in [0.29, 0.717) is 19.0 Å². The SMILES string of the molecule is CC(C)(C(=O)Nc1ccc(-c2cncc(C(F)(F)F)n2)cc1F)c1ccnc(NS(=O)(=O)C2CC2)n1. The van der Waals surface area contributed by atoms with Gasteiger partial charge in [0.1, 0.15) is 5.82 Å². The van der Waals surface area contributed by atoms with Gasteiger partial charge in [-0.05, 0) is 44.9 Å². The zero-order valence-electron chi connectivity index (χ0n) is 19.0. The fraction of sp³-hybridized carbons (Fsp3) is 0.318. The van der Waals surface area contributed by atoms with Crippen molar-refractivity contribution in [3.05, 3.63) is 60.1 Å². The Morgan fingerprint density at radius 2 is 1.78 bits per heavy atom. The number of halogens is 4. The normalized spacial score (nSPS) is 14.4. The van der Waals surface area contributed by atoms with Crippen LogP contribution in [0.5, 0.6) is 0 Å². The highest BCUT2D eigenvalue weighted by Gasteiger charge is 2.37. The number of hydrogen-bond donors (Lipinski definition) is 2. The average Bonchev–Trinajstić information content (AvgIpc) is 3.66. The molecule has 0 radical (unpaired) electrons. The molecule has 14 heteroatoms. The molecule has 2 heterocycles. The van der Waals surface area contributed by atoms with Gasteiger partial charge in [-0.2, -0.15) is 13.2 Å². The van der Waals surface area contributed by atoms with Crippen molar-refractivity contribution in [2.45, 2.75) is 43.5 Å². The molecule has 1 aliphatic carbocycles. The smallest absolute Gasteiger partial charge is 0.323 e. The maximum Gasteiger partial charge on any atom is 0.434 e. The van der Waals surface area contributed by atoms with E-state index in [9.17, 15) is 30.8 Å². The van der Waals surface area contributed by atoms with E-state index in [0.717, 1.165) is 12.3 Å². The number of carbonyl (C=O) groups excluding carboxylic acids is 1. The number of anilines is 2. The molecule has 190 valence electrons. The van der Waals surface area contributed by atoms with E-state index < -0.39 is 44.3 Å². The second kappa shape index (κ2) is 9.08. The molecular weight excluding hydrogens is 504 g/mol. The van der Waals surface area contributed by atoms with Gasteiger partial charge in [-0.15, -0.1) is 0 Å². The first-order chi connectivity index (χ1) is 16.8. The zero-order valence-corrected chi connectivity index (χ0v) is 19.8. The molecule has 1 aliphatic rings. The van der Waals surface area contributed by atoms with Crippen molar-refractivity contribution in [3.8, 4) is 11.3 Å². The Bertz CT molecular complexity index is 1430. The fourth-order valence-electron chi connectivity index (χ4n) is 3.16. The molecule has 0 aliphatic heterocycles. The largest absolute Gasteiger partial charge is 0.434 e. The van der Waals surface area contributed by atoms with Gasteiger partial charge in [0, 0.05) is 11.8 Å². The molecule has 0 bridgehead atoms. The van der Waals surface area contributed by atoms with E-state index in [1.54, 1.807) is 0 Å². The fourth-order valence-corrected chi connectivity index (χ4v) is 4.43. The molecule has 0 saturated heterocycles. The van der Waals surface area contributed by atoms with E-state index >= 15 is 0 Å². The number of aromatic nitrogens is 4. The standard InChI is InChI=1S/C22H20F4N6O3S/c1-21(2,17-7-8-28-20(31-17)32-36(34,35)13-4-5-13)19(33)30-15-6-3-12(9-14(15)23)16-10-27-11-18(29-16)22(24,25)26/h3,6-11,13H,4-5H2,1-2H3,(H,30,33)(H,28,31,32). The van der Waals surface area contributed by atoms with Gasteiger partial charge >= 0.3 is 6.18 Å². The summed E-state index contributed by atoms with van der Waals surface area (Å²) < 4.78 is 80.1. The summed E-state index contributed by atoms with van der Waals surface area (Å²) >= 11 is 0. The number of amides is 1. The number of hydrogen-bond acceptors (Lipinski definition) is 7. The maximum absolute atomic E-state index is 14.8. The Morgan fingerprint density at radius 3 is 2.42 bits per heavy atom. The summed E-state index contributed by atoms with van der Waals surface area (Å²) in [6.45, 7) is 3.02. The van der Waals surface area contributed by atoms with E-state index in [4.69, 9.17) is 0 Å². The lowest BCUT2D eigenvalue weighted by atomic mass is 9.88. The summed E-state index contributed by atoms with van der Waals surface area (Å²) in [6.07, 6.45) is -0.685. The number of sulfonamides is 1. The summed E-state index contributed by atoms with van der Waals surface area (Å²) in [4.78, 5) is 28.0. The Balaban J connectivity index is 1.52. The monoisotopic (exact) mass is 524 g/mol. The lowest BCUT2D eigenvalue weighted by Crippen LogP contribution is -2.36. The van der Waals surface area contributed by atoms with Gasteiger partial charge in [0.2, 0.25) is 21.9 Å². The van der Waals surface area contributed by atoms with E-state index in [1.807, 2.05) is 0 Å². The van der Waals surface area contributed by atoms with Gasteiger partial charge in [0.05, 0.1) is 40.1 Å². The molecule has 36 heavy (non-hydrogen) atoms. The molecule has 4 rings (SSSR count). The molecule has 1 aromatic carbocycles. The Labute approximate surface area is 203 Å². The van der Waals surface area contributed by atoms with Gasteiger partial charge in [0.15, 0.2) is 5.69 Å². The van der Waals surface area contributed by atoms with Crippen LogP contribution in [0, 0.1) is 5.82 Å². The van der Waals surface area contributed by atoms with Crippen molar-refractivity contribution in [2.24, 2.45) is 0 Å². The minimum Gasteiger partial charge on any atom is -0.323 e. The second-order valence-electron chi connectivity index (χ2n) is 8.67. The van der Waals surface area contributed by atoms with Crippen LogP contribution in [0.25, 0.3) is 11.3 Å². The average molecular weight is 525 g/mol. The van der Waals surface area contributed by atoms with Crippen molar-refractivity contribution in [1.29, 1.82) is 0 Å². The lowest BCUT2D eigenvalue weighted by Gasteiger charge is -2.23. The van der Waals surface area contributed by atoms with Crippen LogP contribution in [-0.2, 0) is 26.4 Å². The number of carbonyl (C=O) groups is 1. The Kier molecular flexibility index (Phi) is 6.41. The van der Waals surface area contributed by atoms with Crippen molar-refractivity contribution in [1.82, 2.24) is 19.9 Å². The summed E-state index contributed by atoms with van der Waals surface area (Å²) in [5.41, 5.74) is -2.75. The predicted molar refractivity (Wildman–Crippen MR) is 122 cm³/mol. The first-order valence-corrected chi connectivity index (χ1v) is 12.2. The first kappa shape index (κ1) is 25.4. The molecule has 1 saturated carbocycles. The van der Waals surface area contributed by atoms with Crippen LogP contribution in [0.1, 0.15) is 38.1 Å². The second-order valence-corrected chi connectivity index (χ2v) is 10.6. The van der Waals surface area contributed by atoms with Crippen molar-refractivity contribution >= 4 is 27.6 Å². The summed E-state index contributed by atoms with van der Waals surface area (Å²) in [5, 5.41) is 1.94. The molecule has 1 amide bonds. The highest BCUT2D eigenvalue weighted by atomic mass is 32.2. The van der Waals surface area contributed by atoms with Crippen LogP contribution >= 0.6 is 0 Å². The quantitative estimate of drug-likeness (QED) is 0.449. The number of nitrogens with one attached hydrogen (secondary N) is 2. The summed E-state index contributed by atoms with van der Waals surface area (Å²) in [5.74, 6) is -1.75. The lowest BCUT2D eigenvalue weighted by molar-refractivity contribution is -0.141. The molecule has 0 atom stereocenters. The van der Waals surface area contributed by atoms with Crippen LogP contribution in [0.4, 0.5) is 29.2 Å². The number of benzene rings is 1. The molecule has 3 aromatic rings. The Morgan fingerprint density at radius 1 is 1.06 bits per heavy atom. The minimum atomic E-state index is -4.71. The van der Waals surface area contributed by atoms with Gasteiger partial charge in [-0.3, -0.25) is 14.5 Å². The van der Waals surface area contributed by atoms with Crippen molar-refractivity contribution in [3.63, 3.8) is 0 Å². The Hall–Kier alpha value is -3.68. The number of nitrogens with zero attached hydrogens (tertiary/aromatic N) is 4. The molecular formula is C22H20F4N6O3S. The third kappa shape index (κ3) is 5.42. The van der Waals surface area contributed by atoms with Crippen LogP contribution in [0.15, 0.2) is 42.9 Å². The molecule has 0 unspecified atom stereocenters. The van der Waals surface area contributed by atoms with Crippen LogP contribution < -0.4 is 10.0 Å². The van der Waals surface area contributed by atoms with Gasteiger partial charge < -0.3 is 5.32 Å². The molecule has 9 nitrogen and oxygen atoms in total. The van der Waals surface area contributed by atoms with E-state index in [-0.39, 0.29) is 28.6 Å². The molecule has 2 N–H and O–H groups in total. The van der Waals surface area contributed by atoms with Crippen LogP contribution in [0.3, 0.4) is 0 Å². The third-order valence-corrected chi connectivity index (χ3v) is 7.31. The highest BCUT2D eigenvalue weighted by Crippen LogP contribution is 2.31. The number of rotatable bonds is 7. The third-order valence-electron chi connectivity index (χ3n) is 5.50. The molecule has 2 aromatic heterocycles. The zero-order chi connectivity index (χ0) is 26.3. The first-order valence-electron chi connectivity index (χ1n) is 10.6. The van der Waals surface area contributed by atoms with E-state index in [1.165, 1.54) is 38.2 Å². The van der Waals surface area contributed by atoms with Gasteiger partial charge in [-0.1, -0.05) is 6.07 Å². The number of alkyl halides is 3. The predicted octanol–water partition coefficient (Wildman–Crippen LogP) is 3.91. The van der Waals surface area contributed by atoms with Crippen molar-refractivity contribution < 1.29 is 30.8 Å². The summed E-state index contributed by atoms with van der Waals surface area (Å²) in [7, 11) is -3.61.